The quantitative estimate of drug-likeness (QED) is 0.0308. The maximum atomic E-state index is 14.8. The van der Waals surface area contributed by atoms with E-state index in [1.807, 2.05) is 13.8 Å². The number of aliphatic hydroxyl groups is 3. The van der Waals surface area contributed by atoms with Crippen molar-refractivity contribution in [2.75, 3.05) is 53.7 Å². The summed E-state index contributed by atoms with van der Waals surface area (Å²) in [5, 5.41) is 59.9. The van der Waals surface area contributed by atoms with Crippen molar-refractivity contribution < 1.29 is 82.8 Å². The van der Waals surface area contributed by atoms with Crippen molar-refractivity contribution in [2.45, 2.75) is 130 Å². The van der Waals surface area contributed by atoms with Crippen LogP contribution in [0.5, 0.6) is 5.75 Å². The van der Waals surface area contributed by atoms with Crippen molar-refractivity contribution in [3.8, 4) is 5.75 Å². The van der Waals surface area contributed by atoms with Crippen molar-refractivity contribution in [3.05, 3.63) is 76.9 Å². The predicted octanol–water partition coefficient (Wildman–Crippen LogP) is 3.09. The maximum absolute atomic E-state index is 14.8. The van der Waals surface area contributed by atoms with Crippen LogP contribution in [0.15, 0.2) is 65.3 Å². The van der Waals surface area contributed by atoms with Crippen LogP contribution in [0.4, 0.5) is 4.79 Å². The number of amides is 4. The monoisotopic (exact) mass is 1030 g/mol. The number of hydrogen-bond acceptors (Lipinski definition) is 16. The van der Waals surface area contributed by atoms with Crippen LogP contribution in [0.2, 0.25) is 0 Å². The molecule has 0 aromatic heterocycles. The van der Waals surface area contributed by atoms with Gasteiger partial charge in [0, 0.05) is 31.6 Å². The summed E-state index contributed by atoms with van der Waals surface area (Å²) < 4.78 is 27.8. The van der Waals surface area contributed by atoms with E-state index >= 15 is 0 Å². The van der Waals surface area contributed by atoms with Gasteiger partial charge in [0.15, 0.2) is 6.10 Å². The first kappa shape index (κ1) is 61.1. The first-order valence-corrected chi connectivity index (χ1v) is 23.8. The Labute approximate surface area is 426 Å². The summed E-state index contributed by atoms with van der Waals surface area (Å²) in [5.41, 5.74) is -0.479. The van der Waals surface area contributed by atoms with Gasteiger partial charge < -0.3 is 69.6 Å². The molecule has 3 rings (SSSR count). The molecule has 0 aliphatic carbocycles. The topological polar surface area (TPSA) is 302 Å². The third kappa shape index (κ3) is 17.5. The van der Waals surface area contributed by atoms with Crippen LogP contribution < -0.4 is 15.4 Å². The molecule has 8 atom stereocenters. The minimum Gasteiger partial charge on any atom is -0.479 e. The molecule has 0 unspecified atom stereocenters. The maximum Gasteiger partial charge on any atom is 0.410 e. The molecule has 2 aromatic carbocycles. The molecule has 0 bridgehead atoms. The zero-order valence-electron chi connectivity index (χ0n) is 43.8. The molecule has 2 aromatic rings. The van der Waals surface area contributed by atoms with Gasteiger partial charge in [-0.2, -0.15) is 0 Å². The van der Waals surface area contributed by atoms with E-state index in [0.29, 0.717) is 5.56 Å². The van der Waals surface area contributed by atoms with Crippen molar-refractivity contribution in [2.24, 2.45) is 16.5 Å². The van der Waals surface area contributed by atoms with Gasteiger partial charge in [-0.3, -0.25) is 19.3 Å². The number of likely N-dealkylation sites (N-methyl/N-ethyl adjacent to an activating group) is 2. The normalized spacial score (nSPS) is 19.4. The lowest BCUT2D eigenvalue weighted by Gasteiger charge is -2.42. The van der Waals surface area contributed by atoms with E-state index in [4.69, 9.17) is 28.5 Å². The second-order valence-corrected chi connectivity index (χ2v) is 19.8. The highest BCUT2D eigenvalue weighted by molar-refractivity contribution is 5.97. The summed E-state index contributed by atoms with van der Waals surface area (Å²) in [7, 11) is 2.92. The number of oxime groups is 1. The zero-order valence-corrected chi connectivity index (χ0v) is 43.8. The Balaban J connectivity index is 1.92. The van der Waals surface area contributed by atoms with E-state index in [1.165, 1.54) is 43.1 Å². The molecule has 22 heteroatoms. The summed E-state index contributed by atoms with van der Waals surface area (Å²) in [4.78, 5) is 88.3. The molecule has 7 N–H and O–H groups in total. The fourth-order valence-corrected chi connectivity index (χ4v) is 7.81. The summed E-state index contributed by atoms with van der Waals surface area (Å²) in [6.45, 7) is 18.1. The van der Waals surface area contributed by atoms with Gasteiger partial charge in [0.05, 0.1) is 43.7 Å². The third-order valence-corrected chi connectivity index (χ3v) is 11.9. The van der Waals surface area contributed by atoms with Gasteiger partial charge in [0.25, 0.3) is 5.91 Å². The van der Waals surface area contributed by atoms with Crippen LogP contribution in [0, 0.1) is 11.3 Å². The number of nitrogens with zero attached hydrogens (tertiary/aromatic N) is 3. The zero-order chi connectivity index (χ0) is 55.0. The number of carbonyl (C=O) groups is 6. The third-order valence-electron chi connectivity index (χ3n) is 11.9. The summed E-state index contributed by atoms with van der Waals surface area (Å²) in [5.74, 6) is -5.16. The molecule has 406 valence electrons. The number of ether oxygens (including phenoxy) is 5. The van der Waals surface area contributed by atoms with Gasteiger partial charge in [0.1, 0.15) is 49.4 Å². The van der Waals surface area contributed by atoms with Gasteiger partial charge in [-0.15, -0.1) is 0 Å². The molecule has 4 amide bonds. The standard InChI is InChI=1S/C51H75N5O17/c1-29(2)35(26-31(5)46(63)64)55(11)45(62)41(50(6,7)8)53-44(61)42(51(9,10)33-16-14-13-15-17-33)56(12)49(67)70-28-32-18-19-36(72-48-39(59)37(57)38(58)40(73-48)47(65)66)34(27-32)43(60)52-20-21-68-22-23-69-24-25-71-54-30(3)4/h13-19,26-27,29,35,37-42,48,57-59H,20-25,28H2,1-12H3,(H,52,60)(H,53,61)(H,63,64)(H,65,66)/b31-26+/t35-,37+,38+,39-,40+,41-,42-,48-/m1/s1. The fraction of sp³-hybridized carbons (Fsp3) is 0.588. The van der Waals surface area contributed by atoms with E-state index in [9.17, 15) is 54.3 Å². The molecule has 0 spiro atoms. The lowest BCUT2D eigenvalue weighted by molar-refractivity contribution is -0.271. The Bertz CT molecular complexity index is 2240. The Morgan fingerprint density at radius 3 is 2.01 bits per heavy atom. The molecule has 1 fully saturated rings. The average molecular weight is 1030 g/mol. The van der Waals surface area contributed by atoms with E-state index in [-0.39, 0.29) is 67.9 Å². The number of carbonyl (C=O) groups excluding carboxylic acids is 4. The van der Waals surface area contributed by atoms with Crippen molar-refractivity contribution in [3.63, 3.8) is 0 Å². The number of rotatable bonds is 26. The van der Waals surface area contributed by atoms with E-state index in [2.05, 4.69) is 15.8 Å². The minimum atomic E-state index is -2.00. The number of hydrogen-bond donors (Lipinski definition) is 7. The lowest BCUT2D eigenvalue weighted by Crippen LogP contribution is -2.63. The summed E-state index contributed by atoms with van der Waals surface area (Å²) >= 11 is 0. The van der Waals surface area contributed by atoms with Gasteiger partial charge >= 0.3 is 18.0 Å². The molecule has 0 saturated carbocycles. The lowest BCUT2D eigenvalue weighted by atomic mass is 9.76. The first-order valence-electron chi connectivity index (χ1n) is 23.8. The molecule has 1 aliphatic heterocycles. The summed E-state index contributed by atoms with van der Waals surface area (Å²) in [6, 6.07) is 9.84. The van der Waals surface area contributed by atoms with E-state index in [0.717, 1.165) is 10.6 Å². The highest BCUT2D eigenvalue weighted by Crippen LogP contribution is 2.33. The van der Waals surface area contributed by atoms with Crippen LogP contribution >= 0.6 is 0 Å². The van der Waals surface area contributed by atoms with Crippen LogP contribution in [0.1, 0.15) is 90.7 Å². The largest absolute Gasteiger partial charge is 0.479 e. The average Bonchev–Trinajstić information content (AvgIpc) is 3.32. The fourth-order valence-electron chi connectivity index (χ4n) is 7.81. The second-order valence-electron chi connectivity index (χ2n) is 19.8. The highest BCUT2D eigenvalue weighted by atomic mass is 16.7. The Kier molecular flexibility index (Phi) is 23.2. The van der Waals surface area contributed by atoms with Crippen LogP contribution in [0.25, 0.3) is 0 Å². The number of aliphatic hydroxyl groups excluding tert-OH is 3. The molecule has 73 heavy (non-hydrogen) atoms. The number of carboxylic acid groups (broad SMARTS) is 2. The van der Waals surface area contributed by atoms with Crippen LogP contribution in [0.3, 0.4) is 0 Å². The van der Waals surface area contributed by atoms with Gasteiger partial charge in [-0.1, -0.05) is 96.1 Å². The molecule has 0 radical (unpaired) electrons. The van der Waals surface area contributed by atoms with Crippen LogP contribution in [-0.2, 0) is 55.0 Å². The first-order chi connectivity index (χ1) is 34.1. The van der Waals surface area contributed by atoms with E-state index < -0.39 is 102 Å². The van der Waals surface area contributed by atoms with Gasteiger partial charge in [0.2, 0.25) is 18.1 Å². The predicted molar refractivity (Wildman–Crippen MR) is 265 cm³/mol. The highest BCUT2D eigenvalue weighted by Gasteiger charge is 2.49. The van der Waals surface area contributed by atoms with Crippen LogP contribution in [-0.4, -0.2) is 179 Å². The molecular formula is C51H75N5O17. The molecule has 1 saturated heterocycles. The van der Waals surface area contributed by atoms with Crippen molar-refractivity contribution in [1.82, 2.24) is 20.4 Å². The Hall–Kier alpha value is -6.17. The number of nitrogens with one attached hydrogen (secondary N) is 2. The second kappa shape index (κ2) is 27.8. The molecule has 1 aliphatic rings. The molecule has 1 heterocycles. The molecular weight excluding hydrogens is 955 g/mol. The summed E-state index contributed by atoms with van der Waals surface area (Å²) in [6.07, 6.45) is -9.28. The number of benzene rings is 2. The minimum absolute atomic E-state index is 0.0111. The van der Waals surface area contributed by atoms with E-state index in [1.54, 1.807) is 85.8 Å². The Morgan fingerprint density at radius 1 is 0.822 bits per heavy atom. The van der Waals surface area contributed by atoms with Gasteiger partial charge in [-0.05, 0) is 55.4 Å². The van der Waals surface area contributed by atoms with Crippen molar-refractivity contribution >= 4 is 41.5 Å². The molecule has 22 nitrogen and oxygen atoms in total. The number of carboxylic acids is 2. The number of aliphatic carboxylic acids is 2. The van der Waals surface area contributed by atoms with Crippen molar-refractivity contribution in [1.29, 1.82) is 0 Å². The Morgan fingerprint density at radius 2 is 1.44 bits per heavy atom. The smallest absolute Gasteiger partial charge is 0.410 e. The SMILES string of the molecule is CC(C)=NOCCOCCOCCNC(=O)c1cc(COC(=O)N(C)[C@H](C(=O)N[C@H](C(=O)N(C)[C@H](/C=C(\C)C(=O)O)C(C)C)C(C)(C)C)C(C)(C)c2ccccc2)ccc1O[C@@H]1O[C@H](C(=O)O)[C@@H](O)[C@H](O)[C@H]1O. The van der Waals surface area contributed by atoms with Gasteiger partial charge in [-0.25, -0.2) is 14.4 Å².